The molecule has 0 aromatic carbocycles. The lowest BCUT2D eigenvalue weighted by Gasteiger charge is -2.42. The number of hydrogen-bond donors (Lipinski definition) is 1. The molecule has 0 radical (unpaired) electrons. The lowest BCUT2D eigenvalue weighted by atomic mass is 9.78. The Morgan fingerprint density at radius 2 is 1.89 bits per heavy atom. The van der Waals surface area contributed by atoms with E-state index in [9.17, 15) is 9.59 Å². The van der Waals surface area contributed by atoms with Crippen molar-refractivity contribution < 1.29 is 9.59 Å². The van der Waals surface area contributed by atoms with Crippen LogP contribution in [0.25, 0.3) is 0 Å². The van der Waals surface area contributed by atoms with Gasteiger partial charge in [0, 0.05) is 19.0 Å². The van der Waals surface area contributed by atoms with Crippen molar-refractivity contribution in [2.45, 2.75) is 65.0 Å². The Kier molecular flexibility index (Phi) is 3.88. The molecule has 3 unspecified atom stereocenters. The average molecular weight is 266 g/mol. The minimum absolute atomic E-state index is 0.0160. The van der Waals surface area contributed by atoms with Gasteiger partial charge in [-0.2, -0.15) is 0 Å². The number of rotatable bonds is 1. The molecule has 2 aliphatic rings. The molecule has 1 saturated heterocycles. The van der Waals surface area contributed by atoms with Crippen LogP contribution in [0.4, 0.5) is 0 Å². The summed E-state index contributed by atoms with van der Waals surface area (Å²) in [5, 5.41) is 2.83. The van der Waals surface area contributed by atoms with E-state index in [0.717, 1.165) is 12.3 Å². The molecule has 0 aromatic heterocycles. The predicted molar refractivity (Wildman–Crippen MR) is 74.5 cm³/mol. The van der Waals surface area contributed by atoms with Crippen LogP contribution in [-0.2, 0) is 9.59 Å². The summed E-state index contributed by atoms with van der Waals surface area (Å²) in [4.78, 5) is 26.3. The summed E-state index contributed by atoms with van der Waals surface area (Å²) in [5.41, 5.74) is -0.767. The summed E-state index contributed by atoms with van der Waals surface area (Å²) in [5.74, 6) is 1.33. The summed E-state index contributed by atoms with van der Waals surface area (Å²) in [6.45, 7) is 8.70. The van der Waals surface area contributed by atoms with Crippen LogP contribution in [0.5, 0.6) is 0 Å². The average Bonchev–Trinajstić information content (AvgIpc) is 2.38. The third-order valence-corrected chi connectivity index (χ3v) is 4.61. The molecule has 0 spiro atoms. The first-order valence-corrected chi connectivity index (χ1v) is 7.43. The number of carbonyl (C=O) groups is 2. The normalized spacial score (nSPS) is 35.8. The van der Waals surface area contributed by atoms with Gasteiger partial charge in [0.1, 0.15) is 5.54 Å². The van der Waals surface area contributed by atoms with Gasteiger partial charge in [-0.3, -0.25) is 9.59 Å². The van der Waals surface area contributed by atoms with Crippen molar-refractivity contribution in [2.75, 3.05) is 6.54 Å². The minimum atomic E-state index is -0.767. The molecule has 0 bridgehead atoms. The molecule has 108 valence electrons. The highest BCUT2D eigenvalue weighted by Gasteiger charge is 2.41. The molecule has 19 heavy (non-hydrogen) atoms. The smallest absolute Gasteiger partial charge is 0.248 e. The highest BCUT2D eigenvalue weighted by molar-refractivity contribution is 5.93. The first-order valence-electron chi connectivity index (χ1n) is 7.43. The maximum atomic E-state index is 12.7. The maximum Gasteiger partial charge on any atom is 0.248 e. The summed E-state index contributed by atoms with van der Waals surface area (Å²) in [6.07, 6.45) is 3.85. The number of carbonyl (C=O) groups excluding carboxylic acids is 2. The molecule has 1 aliphatic carbocycles. The summed E-state index contributed by atoms with van der Waals surface area (Å²) in [7, 11) is 0. The summed E-state index contributed by atoms with van der Waals surface area (Å²) in [6, 6.07) is 0.302. The largest absolute Gasteiger partial charge is 0.342 e. The number of amides is 2. The molecule has 0 aromatic rings. The van der Waals surface area contributed by atoms with Gasteiger partial charge in [0.25, 0.3) is 0 Å². The molecule has 2 fully saturated rings. The van der Waals surface area contributed by atoms with Crippen LogP contribution in [0.1, 0.15) is 53.4 Å². The van der Waals surface area contributed by atoms with Gasteiger partial charge < -0.3 is 10.2 Å². The molecular weight excluding hydrogens is 240 g/mol. The molecule has 4 heteroatoms. The second-order valence-electron chi connectivity index (χ2n) is 6.88. The van der Waals surface area contributed by atoms with Crippen LogP contribution < -0.4 is 5.32 Å². The van der Waals surface area contributed by atoms with Crippen LogP contribution in [0.2, 0.25) is 0 Å². The highest BCUT2D eigenvalue weighted by atomic mass is 16.2. The van der Waals surface area contributed by atoms with Gasteiger partial charge in [-0.1, -0.05) is 13.8 Å². The Morgan fingerprint density at radius 1 is 1.21 bits per heavy atom. The van der Waals surface area contributed by atoms with Gasteiger partial charge in [0.15, 0.2) is 0 Å². The second kappa shape index (κ2) is 5.14. The van der Waals surface area contributed by atoms with Crippen molar-refractivity contribution in [1.82, 2.24) is 10.2 Å². The Labute approximate surface area is 115 Å². The third-order valence-electron chi connectivity index (χ3n) is 4.61. The second-order valence-corrected chi connectivity index (χ2v) is 6.88. The monoisotopic (exact) mass is 266 g/mol. The number of nitrogens with one attached hydrogen (secondary N) is 1. The lowest BCUT2D eigenvalue weighted by Crippen LogP contribution is -2.56. The van der Waals surface area contributed by atoms with Gasteiger partial charge in [0.05, 0.1) is 0 Å². The van der Waals surface area contributed by atoms with E-state index in [4.69, 9.17) is 0 Å². The van der Waals surface area contributed by atoms with E-state index in [2.05, 4.69) is 19.2 Å². The molecule has 1 heterocycles. The Bertz CT molecular complexity index is 378. The van der Waals surface area contributed by atoms with Crippen molar-refractivity contribution in [3.05, 3.63) is 0 Å². The third kappa shape index (κ3) is 2.93. The van der Waals surface area contributed by atoms with Gasteiger partial charge in [-0.15, -0.1) is 0 Å². The van der Waals surface area contributed by atoms with E-state index in [1.807, 2.05) is 18.7 Å². The fraction of sp³-hybridized carbons (Fsp3) is 0.867. The van der Waals surface area contributed by atoms with Gasteiger partial charge in [-0.05, 0) is 44.9 Å². The van der Waals surface area contributed by atoms with E-state index >= 15 is 0 Å². The Hall–Kier alpha value is -1.06. The van der Waals surface area contributed by atoms with E-state index in [0.29, 0.717) is 24.9 Å². The standard InChI is InChI=1S/C15H26N2O2/c1-10-5-6-12(11(2)9-10)17-8-7-13(18)16-15(3,4)14(17)19/h10-12H,5-9H2,1-4H3,(H,16,18). The van der Waals surface area contributed by atoms with Crippen molar-refractivity contribution >= 4 is 11.8 Å². The molecule has 1 N–H and O–H groups in total. The van der Waals surface area contributed by atoms with Crippen LogP contribution in [0.3, 0.4) is 0 Å². The zero-order chi connectivity index (χ0) is 14.2. The van der Waals surface area contributed by atoms with Gasteiger partial charge in [0.2, 0.25) is 11.8 Å². The van der Waals surface area contributed by atoms with Crippen molar-refractivity contribution in [3.63, 3.8) is 0 Å². The molecule has 3 atom stereocenters. The summed E-state index contributed by atoms with van der Waals surface area (Å²) < 4.78 is 0. The quantitative estimate of drug-likeness (QED) is 0.788. The predicted octanol–water partition coefficient (Wildman–Crippen LogP) is 1.94. The first kappa shape index (κ1) is 14.4. The molecule has 1 saturated carbocycles. The fourth-order valence-electron chi connectivity index (χ4n) is 3.58. The van der Waals surface area contributed by atoms with E-state index in [1.54, 1.807) is 0 Å². The molecule has 1 aliphatic heterocycles. The highest BCUT2D eigenvalue weighted by Crippen LogP contribution is 2.33. The van der Waals surface area contributed by atoms with E-state index in [-0.39, 0.29) is 11.8 Å². The van der Waals surface area contributed by atoms with Crippen LogP contribution >= 0.6 is 0 Å². The van der Waals surface area contributed by atoms with Crippen LogP contribution in [0.15, 0.2) is 0 Å². The molecule has 4 nitrogen and oxygen atoms in total. The fourth-order valence-corrected chi connectivity index (χ4v) is 3.58. The zero-order valence-corrected chi connectivity index (χ0v) is 12.5. The Morgan fingerprint density at radius 3 is 2.53 bits per heavy atom. The Balaban J connectivity index is 2.18. The molecular formula is C15H26N2O2. The van der Waals surface area contributed by atoms with Gasteiger partial charge >= 0.3 is 0 Å². The van der Waals surface area contributed by atoms with Crippen LogP contribution in [0, 0.1) is 11.8 Å². The van der Waals surface area contributed by atoms with E-state index in [1.165, 1.54) is 12.8 Å². The molecule has 2 rings (SSSR count). The van der Waals surface area contributed by atoms with Gasteiger partial charge in [-0.25, -0.2) is 0 Å². The topological polar surface area (TPSA) is 49.4 Å². The summed E-state index contributed by atoms with van der Waals surface area (Å²) >= 11 is 0. The van der Waals surface area contributed by atoms with Crippen molar-refractivity contribution in [1.29, 1.82) is 0 Å². The minimum Gasteiger partial charge on any atom is -0.342 e. The first-order chi connectivity index (χ1) is 8.81. The van der Waals surface area contributed by atoms with Crippen molar-refractivity contribution in [2.24, 2.45) is 11.8 Å². The zero-order valence-electron chi connectivity index (χ0n) is 12.5. The van der Waals surface area contributed by atoms with Crippen molar-refractivity contribution in [3.8, 4) is 0 Å². The number of hydrogen-bond acceptors (Lipinski definition) is 2. The number of nitrogens with zero attached hydrogens (tertiary/aromatic N) is 1. The maximum absolute atomic E-state index is 12.7. The van der Waals surface area contributed by atoms with E-state index < -0.39 is 5.54 Å². The lowest BCUT2D eigenvalue weighted by molar-refractivity contribution is -0.141. The van der Waals surface area contributed by atoms with Crippen LogP contribution in [-0.4, -0.2) is 34.8 Å². The molecule has 2 amide bonds. The SMILES string of the molecule is CC1CCC(N2CCC(=O)NC(C)(C)C2=O)C(C)C1.